The molecule has 29 heavy (non-hydrogen) atoms. The van der Waals surface area contributed by atoms with Crippen molar-refractivity contribution in [3.05, 3.63) is 54.1 Å². The second-order valence-corrected chi connectivity index (χ2v) is 7.95. The van der Waals surface area contributed by atoms with E-state index in [1.807, 2.05) is 62.4 Å². The molecule has 0 aliphatic carbocycles. The zero-order valence-corrected chi connectivity index (χ0v) is 17.0. The lowest BCUT2D eigenvalue weighted by Gasteiger charge is -2.27. The second-order valence-electron chi connectivity index (χ2n) is 7.00. The SMILES string of the molecule is Cc1ccc(-c2nc(SCC(=O)N3c4ccccc4NC(=O)C[C@@H]3C)n[nH]2)cc1. The first-order chi connectivity index (χ1) is 14.0. The molecule has 0 fully saturated rings. The average molecular weight is 407 g/mol. The Bertz CT molecular complexity index is 1050. The van der Waals surface area contributed by atoms with Gasteiger partial charge in [0, 0.05) is 18.0 Å². The van der Waals surface area contributed by atoms with Gasteiger partial charge in [-0.15, -0.1) is 5.10 Å². The zero-order chi connectivity index (χ0) is 20.4. The molecular formula is C21H21N5O2S. The third-order valence-electron chi connectivity index (χ3n) is 4.74. The number of aromatic nitrogens is 3. The molecule has 2 amide bonds. The van der Waals surface area contributed by atoms with Crippen LogP contribution in [0.3, 0.4) is 0 Å². The molecule has 4 rings (SSSR count). The molecule has 1 aromatic heterocycles. The smallest absolute Gasteiger partial charge is 0.237 e. The maximum atomic E-state index is 13.0. The maximum Gasteiger partial charge on any atom is 0.237 e. The van der Waals surface area contributed by atoms with Gasteiger partial charge in [0.15, 0.2) is 5.82 Å². The molecular weight excluding hydrogens is 386 g/mol. The molecule has 148 valence electrons. The van der Waals surface area contributed by atoms with Crippen LogP contribution >= 0.6 is 11.8 Å². The Morgan fingerprint density at radius 1 is 1.21 bits per heavy atom. The van der Waals surface area contributed by atoms with Crippen LogP contribution in [0.5, 0.6) is 0 Å². The zero-order valence-electron chi connectivity index (χ0n) is 16.2. The van der Waals surface area contributed by atoms with Crippen molar-refractivity contribution in [2.45, 2.75) is 31.5 Å². The summed E-state index contributed by atoms with van der Waals surface area (Å²) in [5.41, 5.74) is 3.49. The monoisotopic (exact) mass is 407 g/mol. The number of anilines is 2. The van der Waals surface area contributed by atoms with Crippen LogP contribution in [-0.4, -0.2) is 38.8 Å². The highest BCUT2D eigenvalue weighted by Crippen LogP contribution is 2.32. The minimum atomic E-state index is -0.234. The number of aryl methyl sites for hydroxylation is 1. The maximum absolute atomic E-state index is 13.0. The number of carbonyl (C=O) groups is 2. The first-order valence-corrected chi connectivity index (χ1v) is 10.3. The van der Waals surface area contributed by atoms with Gasteiger partial charge in [-0.05, 0) is 26.0 Å². The molecule has 0 spiro atoms. The van der Waals surface area contributed by atoms with E-state index in [0.29, 0.717) is 22.4 Å². The van der Waals surface area contributed by atoms with Crippen LogP contribution in [0, 0.1) is 6.92 Å². The Kier molecular flexibility index (Phi) is 5.35. The normalized spacial score (nSPS) is 16.1. The number of benzene rings is 2. The van der Waals surface area contributed by atoms with E-state index < -0.39 is 0 Å². The number of nitrogens with zero attached hydrogens (tertiary/aromatic N) is 3. The summed E-state index contributed by atoms with van der Waals surface area (Å²) in [4.78, 5) is 31.3. The quantitative estimate of drug-likeness (QED) is 0.645. The second kappa shape index (κ2) is 8.08. The highest BCUT2D eigenvalue weighted by molar-refractivity contribution is 7.99. The Labute approximate surface area is 172 Å². The molecule has 1 aliphatic heterocycles. The van der Waals surface area contributed by atoms with Crippen molar-refractivity contribution >= 4 is 35.0 Å². The molecule has 0 radical (unpaired) electrons. The number of H-pyrrole nitrogens is 1. The van der Waals surface area contributed by atoms with Crippen molar-refractivity contribution < 1.29 is 9.59 Å². The molecule has 2 heterocycles. The fraction of sp³-hybridized carbons (Fsp3) is 0.238. The highest BCUT2D eigenvalue weighted by Gasteiger charge is 2.29. The summed E-state index contributed by atoms with van der Waals surface area (Å²) < 4.78 is 0. The van der Waals surface area contributed by atoms with Crippen molar-refractivity contribution in [3.8, 4) is 11.4 Å². The molecule has 1 aliphatic rings. The summed E-state index contributed by atoms with van der Waals surface area (Å²) in [6.07, 6.45) is 0.253. The average Bonchev–Trinajstić information content (AvgIpc) is 3.12. The van der Waals surface area contributed by atoms with Crippen molar-refractivity contribution in [2.24, 2.45) is 0 Å². The summed E-state index contributed by atoms with van der Waals surface area (Å²) in [6.45, 7) is 3.91. The third-order valence-corrected chi connectivity index (χ3v) is 5.57. The Balaban J connectivity index is 1.48. The van der Waals surface area contributed by atoms with Crippen LogP contribution in [-0.2, 0) is 9.59 Å². The molecule has 0 saturated carbocycles. The number of para-hydroxylation sites is 2. The van der Waals surface area contributed by atoms with Gasteiger partial charge in [-0.3, -0.25) is 14.7 Å². The van der Waals surface area contributed by atoms with Crippen LogP contribution in [0.1, 0.15) is 18.9 Å². The molecule has 2 N–H and O–H groups in total. The molecule has 1 atom stereocenters. The van der Waals surface area contributed by atoms with Crippen LogP contribution in [0.15, 0.2) is 53.7 Å². The number of fused-ring (bicyclic) bond motifs is 1. The first-order valence-electron chi connectivity index (χ1n) is 9.34. The van der Waals surface area contributed by atoms with Gasteiger partial charge in [0.1, 0.15) is 0 Å². The van der Waals surface area contributed by atoms with Crippen molar-refractivity contribution in [1.29, 1.82) is 0 Å². The van der Waals surface area contributed by atoms with Gasteiger partial charge in [-0.1, -0.05) is 53.7 Å². The van der Waals surface area contributed by atoms with Crippen LogP contribution in [0.25, 0.3) is 11.4 Å². The topological polar surface area (TPSA) is 91.0 Å². The van der Waals surface area contributed by atoms with Gasteiger partial charge in [-0.25, -0.2) is 4.98 Å². The number of carbonyl (C=O) groups excluding carboxylic acids is 2. The van der Waals surface area contributed by atoms with Crippen LogP contribution in [0.2, 0.25) is 0 Å². The lowest BCUT2D eigenvalue weighted by Crippen LogP contribution is -2.40. The molecule has 2 aromatic carbocycles. The van der Waals surface area contributed by atoms with E-state index in [-0.39, 0.29) is 30.0 Å². The minimum Gasteiger partial charge on any atom is -0.324 e. The van der Waals surface area contributed by atoms with E-state index in [2.05, 4.69) is 20.5 Å². The fourth-order valence-corrected chi connectivity index (χ4v) is 3.97. The summed E-state index contributed by atoms with van der Waals surface area (Å²) in [6, 6.07) is 15.1. The van der Waals surface area contributed by atoms with Crippen molar-refractivity contribution in [1.82, 2.24) is 15.2 Å². The molecule has 7 nitrogen and oxygen atoms in total. The van der Waals surface area contributed by atoms with E-state index in [9.17, 15) is 9.59 Å². The van der Waals surface area contributed by atoms with E-state index in [1.54, 1.807) is 4.90 Å². The summed E-state index contributed by atoms with van der Waals surface area (Å²) in [7, 11) is 0. The van der Waals surface area contributed by atoms with Crippen molar-refractivity contribution in [2.75, 3.05) is 16.0 Å². The number of nitrogens with one attached hydrogen (secondary N) is 2. The molecule has 8 heteroatoms. The van der Waals surface area contributed by atoms with E-state index in [4.69, 9.17) is 0 Å². The number of rotatable bonds is 4. The third kappa shape index (κ3) is 4.17. The first kappa shape index (κ1) is 19.2. The molecule has 3 aromatic rings. The Morgan fingerprint density at radius 3 is 2.76 bits per heavy atom. The molecule has 0 bridgehead atoms. The number of hydrogen-bond acceptors (Lipinski definition) is 5. The van der Waals surface area contributed by atoms with Gasteiger partial charge >= 0.3 is 0 Å². The van der Waals surface area contributed by atoms with Crippen molar-refractivity contribution in [3.63, 3.8) is 0 Å². The van der Waals surface area contributed by atoms with E-state index in [1.165, 1.54) is 17.3 Å². The highest BCUT2D eigenvalue weighted by atomic mass is 32.2. The standard InChI is InChI=1S/C21H21N5O2S/c1-13-7-9-15(10-8-13)20-23-21(25-24-20)29-12-19(28)26-14(2)11-18(27)22-16-5-3-4-6-17(16)26/h3-10,14H,11-12H2,1-2H3,(H,22,27)(H,23,24,25)/t14-/m0/s1. The lowest BCUT2D eigenvalue weighted by atomic mass is 10.1. The van der Waals surface area contributed by atoms with Gasteiger partial charge < -0.3 is 10.2 Å². The number of hydrogen-bond donors (Lipinski definition) is 2. The van der Waals surface area contributed by atoms with Crippen LogP contribution < -0.4 is 10.2 Å². The summed E-state index contributed by atoms with van der Waals surface area (Å²) >= 11 is 1.28. The fourth-order valence-electron chi connectivity index (χ4n) is 3.32. The van der Waals surface area contributed by atoms with Gasteiger partial charge in [0.2, 0.25) is 17.0 Å². The van der Waals surface area contributed by atoms with Gasteiger partial charge in [0.25, 0.3) is 0 Å². The summed E-state index contributed by atoms with van der Waals surface area (Å²) in [5, 5.41) is 10.5. The number of aromatic amines is 1. The lowest BCUT2D eigenvalue weighted by molar-refractivity contribution is -0.117. The number of amides is 2. The van der Waals surface area contributed by atoms with Gasteiger partial charge in [0.05, 0.1) is 17.1 Å². The molecule has 0 saturated heterocycles. The Hall–Kier alpha value is -3.13. The predicted molar refractivity (Wildman–Crippen MR) is 114 cm³/mol. The molecule has 0 unspecified atom stereocenters. The summed E-state index contributed by atoms with van der Waals surface area (Å²) in [5.74, 6) is 0.666. The van der Waals surface area contributed by atoms with E-state index >= 15 is 0 Å². The van der Waals surface area contributed by atoms with Crippen LogP contribution in [0.4, 0.5) is 11.4 Å². The number of thioether (sulfide) groups is 1. The van der Waals surface area contributed by atoms with Gasteiger partial charge in [-0.2, -0.15) is 0 Å². The predicted octanol–water partition coefficient (Wildman–Crippen LogP) is 3.64. The minimum absolute atomic E-state index is 0.0897. The largest absolute Gasteiger partial charge is 0.324 e. The Morgan fingerprint density at radius 2 is 1.97 bits per heavy atom. The van der Waals surface area contributed by atoms with E-state index in [0.717, 1.165) is 5.56 Å².